The van der Waals surface area contributed by atoms with E-state index in [0.29, 0.717) is 0 Å². The number of hydrogen-bond acceptors (Lipinski definition) is 4. The second kappa shape index (κ2) is 5.67. The van der Waals surface area contributed by atoms with Gasteiger partial charge in [0.05, 0.1) is 6.04 Å². The number of alkyl carbamates (subject to hydrolysis) is 1. The second-order valence-corrected chi connectivity index (χ2v) is 6.54. The lowest BCUT2D eigenvalue weighted by Gasteiger charge is -2.47. The van der Waals surface area contributed by atoms with Gasteiger partial charge in [-0.1, -0.05) is 0 Å². The standard InChI is InChI=1S/C14H26N2O3/c1-13(2,3)19-12(17)16-11-5-4-8-15-14(11)6-9-18-10-7-14/h11,15H,4-10H2,1-3H3,(H,16,17)/t11-/m1/s1. The number of carbonyl (C=O) groups is 1. The van der Waals surface area contributed by atoms with E-state index in [9.17, 15) is 4.79 Å². The molecule has 110 valence electrons. The number of carbonyl (C=O) groups excluding carboxylic acids is 1. The van der Waals surface area contributed by atoms with Gasteiger partial charge >= 0.3 is 6.09 Å². The second-order valence-electron chi connectivity index (χ2n) is 6.54. The quantitative estimate of drug-likeness (QED) is 0.763. The molecular formula is C14H26N2O3. The van der Waals surface area contributed by atoms with E-state index in [-0.39, 0.29) is 17.7 Å². The van der Waals surface area contributed by atoms with Crippen molar-refractivity contribution in [3.63, 3.8) is 0 Å². The molecule has 2 aliphatic rings. The van der Waals surface area contributed by atoms with Crippen LogP contribution in [0.15, 0.2) is 0 Å². The lowest BCUT2D eigenvalue weighted by Crippen LogP contribution is -2.65. The van der Waals surface area contributed by atoms with Gasteiger partial charge in [-0.05, 0) is 53.0 Å². The van der Waals surface area contributed by atoms with Crippen molar-refractivity contribution in [2.75, 3.05) is 19.8 Å². The predicted molar refractivity (Wildman–Crippen MR) is 73.2 cm³/mol. The molecular weight excluding hydrogens is 244 g/mol. The van der Waals surface area contributed by atoms with Crippen LogP contribution in [0.5, 0.6) is 0 Å². The summed E-state index contributed by atoms with van der Waals surface area (Å²) in [5.41, 5.74) is -0.456. The first-order valence-electron chi connectivity index (χ1n) is 7.24. The molecule has 2 N–H and O–H groups in total. The molecule has 0 aromatic heterocycles. The molecule has 0 bridgehead atoms. The topological polar surface area (TPSA) is 59.6 Å². The summed E-state index contributed by atoms with van der Waals surface area (Å²) < 4.78 is 10.8. The minimum Gasteiger partial charge on any atom is -0.444 e. The molecule has 1 spiro atoms. The molecule has 0 aromatic rings. The number of hydrogen-bond donors (Lipinski definition) is 2. The first-order chi connectivity index (χ1) is 8.91. The summed E-state index contributed by atoms with van der Waals surface area (Å²) in [4.78, 5) is 12.0. The maximum atomic E-state index is 12.0. The van der Waals surface area contributed by atoms with E-state index in [1.165, 1.54) is 0 Å². The van der Waals surface area contributed by atoms with Crippen LogP contribution in [0.1, 0.15) is 46.5 Å². The summed E-state index contributed by atoms with van der Waals surface area (Å²) in [5.74, 6) is 0. The molecule has 1 atom stereocenters. The first kappa shape index (κ1) is 14.6. The summed E-state index contributed by atoms with van der Waals surface area (Å²) in [6, 6.07) is 0.139. The number of amides is 1. The van der Waals surface area contributed by atoms with Gasteiger partial charge in [0.25, 0.3) is 0 Å². The highest BCUT2D eigenvalue weighted by molar-refractivity contribution is 5.68. The minimum absolute atomic E-state index is 0.00654. The average Bonchev–Trinajstić information content (AvgIpc) is 2.31. The molecule has 1 amide bonds. The molecule has 0 saturated carbocycles. The van der Waals surface area contributed by atoms with Crippen molar-refractivity contribution in [1.82, 2.24) is 10.6 Å². The molecule has 0 radical (unpaired) electrons. The van der Waals surface area contributed by atoms with Gasteiger partial charge < -0.3 is 20.1 Å². The van der Waals surface area contributed by atoms with E-state index in [1.807, 2.05) is 20.8 Å². The first-order valence-corrected chi connectivity index (χ1v) is 7.24. The predicted octanol–water partition coefficient (Wildman–Crippen LogP) is 1.81. The van der Waals surface area contributed by atoms with Gasteiger partial charge in [-0.2, -0.15) is 0 Å². The Morgan fingerprint density at radius 2 is 2.05 bits per heavy atom. The van der Waals surface area contributed by atoms with Gasteiger partial charge in [-0.25, -0.2) is 4.79 Å². The number of nitrogens with one attached hydrogen (secondary N) is 2. The van der Waals surface area contributed by atoms with E-state index in [1.54, 1.807) is 0 Å². The monoisotopic (exact) mass is 270 g/mol. The van der Waals surface area contributed by atoms with E-state index < -0.39 is 5.60 Å². The fraction of sp³-hybridized carbons (Fsp3) is 0.929. The highest BCUT2D eigenvalue weighted by Gasteiger charge is 2.42. The Morgan fingerprint density at radius 1 is 1.37 bits per heavy atom. The van der Waals surface area contributed by atoms with Crippen LogP contribution in [0.2, 0.25) is 0 Å². The van der Waals surface area contributed by atoms with Gasteiger partial charge in [0.15, 0.2) is 0 Å². The zero-order valence-electron chi connectivity index (χ0n) is 12.3. The van der Waals surface area contributed by atoms with Crippen LogP contribution >= 0.6 is 0 Å². The van der Waals surface area contributed by atoms with Crippen molar-refractivity contribution in [3.8, 4) is 0 Å². The van der Waals surface area contributed by atoms with E-state index in [4.69, 9.17) is 9.47 Å². The van der Waals surface area contributed by atoms with Gasteiger partial charge in [0.2, 0.25) is 0 Å². The maximum Gasteiger partial charge on any atom is 0.407 e. The zero-order chi connectivity index (χ0) is 13.9. The number of ether oxygens (including phenoxy) is 2. The van der Waals surface area contributed by atoms with Crippen molar-refractivity contribution in [2.24, 2.45) is 0 Å². The highest BCUT2D eigenvalue weighted by atomic mass is 16.6. The van der Waals surface area contributed by atoms with Crippen LogP contribution in [-0.2, 0) is 9.47 Å². The summed E-state index contributed by atoms with van der Waals surface area (Å²) >= 11 is 0. The fourth-order valence-corrected chi connectivity index (χ4v) is 2.96. The molecule has 0 unspecified atom stereocenters. The highest BCUT2D eigenvalue weighted by Crippen LogP contribution is 2.30. The van der Waals surface area contributed by atoms with Gasteiger partial charge in [-0.3, -0.25) is 0 Å². The van der Waals surface area contributed by atoms with Gasteiger partial charge in [0, 0.05) is 18.8 Å². The van der Waals surface area contributed by atoms with Crippen LogP contribution in [0.25, 0.3) is 0 Å². The number of rotatable bonds is 1. The van der Waals surface area contributed by atoms with E-state index in [2.05, 4.69) is 10.6 Å². The van der Waals surface area contributed by atoms with Crippen LogP contribution < -0.4 is 10.6 Å². The Labute approximate surface area is 115 Å². The lowest BCUT2D eigenvalue weighted by molar-refractivity contribution is 0.00372. The molecule has 2 aliphatic heterocycles. The molecule has 5 heteroatoms. The van der Waals surface area contributed by atoms with Crippen molar-refractivity contribution >= 4 is 6.09 Å². The normalized spacial score (nSPS) is 27.0. The van der Waals surface area contributed by atoms with Crippen molar-refractivity contribution in [1.29, 1.82) is 0 Å². The van der Waals surface area contributed by atoms with Crippen LogP contribution in [-0.4, -0.2) is 43.0 Å². The molecule has 19 heavy (non-hydrogen) atoms. The van der Waals surface area contributed by atoms with E-state index in [0.717, 1.165) is 45.4 Å². The third kappa shape index (κ3) is 3.83. The summed E-state index contributed by atoms with van der Waals surface area (Å²) in [5, 5.41) is 6.66. The Hall–Kier alpha value is -0.810. The summed E-state index contributed by atoms with van der Waals surface area (Å²) in [6.07, 6.45) is 3.68. The molecule has 0 aromatic carbocycles. The largest absolute Gasteiger partial charge is 0.444 e. The summed E-state index contributed by atoms with van der Waals surface area (Å²) in [7, 11) is 0. The van der Waals surface area contributed by atoms with Crippen LogP contribution in [0.3, 0.4) is 0 Å². The molecule has 2 fully saturated rings. The SMILES string of the molecule is CC(C)(C)OC(=O)N[C@@H]1CCCNC12CCOCC2. The lowest BCUT2D eigenvalue weighted by atomic mass is 9.78. The average molecular weight is 270 g/mol. The van der Waals surface area contributed by atoms with Gasteiger partial charge in [-0.15, -0.1) is 0 Å². The minimum atomic E-state index is -0.449. The third-order valence-corrected chi connectivity index (χ3v) is 3.89. The van der Waals surface area contributed by atoms with Crippen molar-refractivity contribution in [2.45, 2.75) is 63.6 Å². The van der Waals surface area contributed by atoms with Crippen LogP contribution in [0.4, 0.5) is 4.79 Å². The summed E-state index contributed by atoms with van der Waals surface area (Å²) in [6.45, 7) is 8.20. The third-order valence-electron chi connectivity index (χ3n) is 3.89. The van der Waals surface area contributed by atoms with Crippen LogP contribution in [0, 0.1) is 0 Å². The number of piperidine rings is 1. The fourth-order valence-electron chi connectivity index (χ4n) is 2.96. The van der Waals surface area contributed by atoms with Crippen molar-refractivity contribution in [3.05, 3.63) is 0 Å². The molecule has 2 rings (SSSR count). The molecule has 5 nitrogen and oxygen atoms in total. The Bertz CT molecular complexity index is 311. The Morgan fingerprint density at radius 3 is 2.68 bits per heavy atom. The maximum absolute atomic E-state index is 12.0. The molecule has 2 heterocycles. The Kier molecular flexibility index (Phi) is 4.36. The molecule has 2 saturated heterocycles. The van der Waals surface area contributed by atoms with E-state index >= 15 is 0 Å². The zero-order valence-corrected chi connectivity index (χ0v) is 12.3. The Balaban J connectivity index is 1.98. The van der Waals surface area contributed by atoms with Crippen molar-refractivity contribution < 1.29 is 14.3 Å². The smallest absolute Gasteiger partial charge is 0.407 e. The van der Waals surface area contributed by atoms with Gasteiger partial charge in [0.1, 0.15) is 5.60 Å². The molecule has 0 aliphatic carbocycles.